The van der Waals surface area contributed by atoms with E-state index in [1.807, 2.05) is 6.07 Å². The molecule has 0 radical (unpaired) electrons. The Bertz CT molecular complexity index is 464. The molecule has 104 valence electrons. The van der Waals surface area contributed by atoms with Crippen molar-refractivity contribution < 1.29 is 19.8 Å². The lowest BCUT2D eigenvalue weighted by molar-refractivity contribution is -0.144. The molecule has 2 N–H and O–H groups in total. The van der Waals surface area contributed by atoms with Crippen molar-refractivity contribution in [2.24, 2.45) is 0 Å². The third-order valence-corrected chi connectivity index (χ3v) is 3.03. The Morgan fingerprint density at radius 2 is 2.05 bits per heavy atom. The molecule has 0 fully saturated rings. The molecule has 6 heteroatoms. The van der Waals surface area contributed by atoms with Crippen LogP contribution in [0.15, 0.2) is 24.3 Å². The minimum Gasteiger partial charge on any atom is -0.481 e. The first-order chi connectivity index (χ1) is 8.90. The van der Waals surface area contributed by atoms with Crippen molar-refractivity contribution in [2.45, 2.75) is 25.9 Å². The number of nitrogens with zero attached hydrogens (tertiary/aromatic N) is 1. The van der Waals surface area contributed by atoms with Crippen LogP contribution in [0, 0.1) is 0 Å². The zero-order chi connectivity index (χ0) is 14.4. The summed E-state index contributed by atoms with van der Waals surface area (Å²) in [6, 6.07) is 6.32. The van der Waals surface area contributed by atoms with Crippen molar-refractivity contribution in [3.05, 3.63) is 34.9 Å². The van der Waals surface area contributed by atoms with Gasteiger partial charge in [0.2, 0.25) is 0 Å². The highest BCUT2D eigenvalue weighted by Gasteiger charge is 2.21. The number of benzene rings is 1. The monoisotopic (exact) mass is 285 g/mol. The Morgan fingerprint density at radius 3 is 2.58 bits per heavy atom. The van der Waals surface area contributed by atoms with Gasteiger partial charge < -0.3 is 10.2 Å². The number of carboxylic acid groups (broad SMARTS) is 2. The maximum Gasteiger partial charge on any atom is 0.320 e. The second-order valence-corrected chi connectivity index (χ2v) is 4.69. The van der Waals surface area contributed by atoms with E-state index in [0.717, 1.165) is 5.56 Å². The van der Waals surface area contributed by atoms with Crippen LogP contribution in [0.1, 0.15) is 18.9 Å². The molecule has 0 bridgehead atoms. The van der Waals surface area contributed by atoms with Crippen molar-refractivity contribution in [1.82, 2.24) is 4.90 Å². The van der Waals surface area contributed by atoms with Gasteiger partial charge in [-0.25, -0.2) is 0 Å². The first-order valence-corrected chi connectivity index (χ1v) is 6.21. The Balaban J connectivity index is 2.78. The van der Waals surface area contributed by atoms with Crippen LogP contribution in [0.2, 0.25) is 5.02 Å². The quantitative estimate of drug-likeness (QED) is 0.802. The van der Waals surface area contributed by atoms with E-state index in [-0.39, 0.29) is 13.0 Å². The molecule has 0 amide bonds. The van der Waals surface area contributed by atoms with Gasteiger partial charge in [-0.05, 0) is 24.6 Å². The summed E-state index contributed by atoms with van der Waals surface area (Å²) in [5, 5.41) is 18.3. The second kappa shape index (κ2) is 7.11. The molecule has 0 aliphatic carbocycles. The highest BCUT2D eigenvalue weighted by atomic mass is 35.5. The molecule has 19 heavy (non-hydrogen) atoms. The standard InChI is InChI=1S/C13H16ClNO4/c1-9(13(18)19)15(6-5-12(16)17)8-10-3-2-4-11(14)7-10/h2-4,7,9H,5-6,8H2,1H3,(H,16,17)(H,18,19). The number of rotatable bonds is 7. The summed E-state index contributed by atoms with van der Waals surface area (Å²) in [6.45, 7) is 2.06. The molecular formula is C13H16ClNO4. The molecule has 0 aromatic heterocycles. The molecule has 0 aliphatic rings. The van der Waals surface area contributed by atoms with Gasteiger partial charge in [-0.15, -0.1) is 0 Å². The summed E-state index contributed by atoms with van der Waals surface area (Å²) >= 11 is 5.87. The SMILES string of the molecule is CC(C(=O)O)N(CCC(=O)O)Cc1cccc(Cl)c1. The molecular weight excluding hydrogens is 270 g/mol. The van der Waals surface area contributed by atoms with E-state index in [1.54, 1.807) is 23.1 Å². The Hall–Kier alpha value is -1.59. The average Bonchev–Trinajstić information content (AvgIpc) is 2.33. The van der Waals surface area contributed by atoms with E-state index in [9.17, 15) is 9.59 Å². The van der Waals surface area contributed by atoms with Crippen LogP contribution in [0.4, 0.5) is 0 Å². The summed E-state index contributed by atoms with van der Waals surface area (Å²) in [4.78, 5) is 23.2. The molecule has 1 aromatic carbocycles. The van der Waals surface area contributed by atoms with E-state index < -0.39 is 18.0 Å². The van der Waals surface area contributed by atoms with Crippen molar-refractivity contribution in [2.75, 3.05) is 6.54 Å². The van der Waals surface area contributed by atoms with Crippen LogP contribution in [-0.2, 0) is 16.1 Å². The Labute approximate surface area is 116 Å². The van der Waals surface area contributed by atoms with Gasteiger partial charge in [0.1, 0.15) is 6.04 Å². The van der Waals surface area contributed by atoms with Crippen LogP contribution in [0.25, 0.3) is 0 Å². The van der Waals surface area contributed by atoms with Gasteiger partial charge in [0.15, 0.2) is 0 Å². The lowest BCUT2D eigenvalue weighted by atomic mass is 10.1. The van der Waals surface area contributed by atoms with Gasteiger partial charge in [-0.3, -0.25) is 14.5 Å². The summed E-state index contributed by atoms with van der Waals surface area (Å²) in [7, 11) is 0. The largest absolute Gasteiger partial charge is 0.481 e. The Morgan fingerprint density at radius 1 is 1.37 bits per heavy atom. The predicted octanol–water partition coefficient (Wildman–Crippen LogP) is 2.09. The number of carboxylic acids is 2. The molecule has 1 unspecified atom stereocenters. The fourth-order valence-corrected chi connectivity index (χ4v) is 1.89. The smallest absolute Gasteiger partial charge is 0.320 e. The van der Waals surface area contributed by atoms with E-state index in [4.69, 9.17) is 21.8 Å². The topological polar surface area (TPSA) is 77.8 Å². The van der Waals surface area contributed by atoms with Crippen molar-refractivity contribution in [3.63, 3.8) is 0 Å². The minimum absolute atomic E-state index is 0.0990. The highest BCUT2D eigenvalue weighted by Crippen LogP contribution is 2.14. The molecule has 0 heterocycles. The predicted molar refractivity (Wildman–Crippen MR) is 71.2 cm³/mol. The van der Waals surface area contributed by atoms with Crippen molar-refractivity contribution in [1.29, 1.82) is 0 Å². The van der Waals surface area contributed by atoms with Gasteiger partial charge in [-0.2, -0.15) is 0 Å². The van der Waals surface area contributed by atoms with Crippen molar-refractivity contribution >= 4 is 23.5 Å². The van der Waals surface area contributed by atoms with Gasteiger partial charge in [0.25, 0.3) is 0 Å². The number of carbonyl (C=O) groups is 2. The molecule has 1 atom stereocenters. The zero-order valence-electron chi connectivity index (χ0n) is 10.5. The number of hydrogen-bond acceptors (Lipinski definition) is 3. The van der Waals surface area contributed by atoms with Gasteiger partial charge >= 0.3 is 11.9 Å². The molecule has 0 spiro atoms. The molecule has 1 aromatic rings. The van der Waals surface area contributed by atoms with E-state index in [0.29, 0.717) is 11.6 Å². The molecule has 1 rings (SSSR count). The summed E-state index contributed by atoms with van der Waals surface area (Å²) in [5.74, 6) is -1.93. The second-order valence-electron chi connectivity index (χ2n) is 4.26. The maximum atomic E-state index is 11.0. The van der Waals surface area contributed by atoms with Gasteiger partial charge in [0.05, 0.1) is 6.42 Å². The van der Waals surface area contributed by atoms with E-state index >= 15 is 0 Å². The number of halogens is 1. The minimum atomic E-state index is -0.979. The Kier molecular flexibility index (Phi) is 5.79. The lowest BCUT2D eigenvalue weighted by Crippen LogP contribution is -2.39. The van der Waals surface area contributed by atoms with Crippen molar-refractivity contribution in [3.8, 4) is 0 Å². The van der Waals surface area contributed by atoms with Gasteiger partial charge in [-0.1, -0.05) is 23.7 Å². The number of aliphatic carboxylic acids is 2. The zero-order valence-corrected chi connectivity index (χ0v) is 11.3. The third-order valence-electron chi connectivity index (χ3n) is 2.79. The first-order valence-electron chi connectivity index (χ1n) is 5.83. The van der Waals surface area contributed by atoms with Crippen LogP contribution < -0.4 is 0 Å². The van der Waals surface area contributed by atoms with Crippen LogP contribution >= 0.6 is 11.6 Å². The van der Waals surface area contributed by atoms with Crippen LogP contribution in [-0.4, -0.2) is 39.6 Å². The summed E-state index contributed by atoms with van der Waals surface area (Å²) in [5.41, 5.74) is 0.853. The maximum absolute atomic E-state index is 11.0. The van der Waals surface area contributed by atoms with E-state index in [2.05, 4.69) is 0 Å². The molecule has 0 saturated heterocycles. The fourth-order valence-electron chi connectivity index (χ4n) is 1.67. The van der Waals surface area contributed by atoms with Crippen LogP contribution in [0.5, 0.6) is 0 Å². The van der Waals surface area contributed by atoms with Gasteiger partial charge in [0, 0.05) is 18.1 Å². The highest BCUT2D eigenvalue weighted by molar-refractivity contribution is 6.30. The lowest BCUT2D eigenvalue weighted by Gasteiger charge is -2.25. The summed E-state index contributed by atoms with van der Waals surface area (Å²) in [6.07, 6.45) is -0.0990. The number of hydrogen-bond donors (Lipinski definition) is 2. The molecule has 5 nitrogen and oxygen atoms in total. The summed E-state index contributed by atoms with van der Waals surface area (Å²) < 4.78 is 0. The van der Waals surface area contributed by atoms with E-state index in [1.165, 1.54) is 6.92 Å². The fraction of sp³-hybridized carbons (Fsp3) is 0.385. The third kappa shape index (κ3) is 5.28. The average molecular weight is 286 g/mol. The normalized spacial score (nSPS) is 12.4. The molecule has 0 aliphatic heterocycles. The first kappa shape index (κ1) is 15.5. The van der Waals surface area contributed by atoms with Crippen LogP contribution in [0.3, 0.4) is 0 Å². The molecule has 0 saturated carbocycles.